The lowest BCUT2D eigenvalue weighted by molar-refractivity contribution is -0.275. The highest BCUT2D eigenvalue weighted by Crippen LogP contribution is 2.34. The summed E-state index contributed by atoms with van der Waals surface area (Å²) in [6.45, 7) is 3.89. The quantitative estimate of drug-likeness (QED) is 0.434. The van der Waals surface area contributed by atoms with Gasteiger partial charge in [-0.3, -0.25) is 0 Å². The van der Waals surface area contributed by atoms with Gasteiger partial charge in [-0.2, -0.15) is 4.31 Å². The minimum atomic E-state index is -5.06. The Balaban J connectivity index is 1.58. The molecule has 0 saturated heterocycles. The number of rotatable bonds is 10. The molecule has 0 fully saturated rings. The summed E-state index contributed by atoms with van der Waals surface area (Å²) in [5.41, 5.74) is 2.42. The predicted molar refractivity (Wildman–Crippen MR) is 131 cm³/mol. The van der Waals surface area contributed by atoms with E-state index >= 15 is 0 Å². The van der Waals surface area contributed by atoms with Crippen LogP contribution in [0.15, 0.2) is 51.8 Å². The summed E-state index contributed by atoms with van der Waals surface area (Å²) in [7, 11) is -3.15. The van der Waals surface area contributed by atoms with E-state index in [-0.39, 0.29) is 23.1 Å². The van der Waals surface area contributed by atoms with Gasteiger partial charge in [0.1, 0.15) is 4.90 Å². The standard InChI is InChI=1S/C24H30BrF3N2O4S/c1-23(2,13-16-10-17-6-4-5-7-18(17)11-16)29-14-20(31)15-30(3)35(32,33)22-9-8-19(25)12-21(22)34-24(26,27)28/h4-9,12,16,20,29,31H,10-11,13-15H2,1-3H3. The van der Waals surface area contributed by atoms with Gasteiger partial charge < -0.3 is 15.2 Å². The molecular weight excluding hydrogens is 549 g/mol. The third-order valence-electron chi connectivity index (χ3n) is 6.04. The van der Waals surface area contributed by atoms with Crippen molar-refractivity contribution in [3.8, 4) is 5.75 Å². The first-order chi connectivity index (χ1) is 16.2. The third kappa shape index (κ3) is 7.66. The topological polar surface area (TPSA) is 78.9 Å². The molecule has 1 atom stereocenters. The summed E-state index contributed by atoms with van der Waals surface area (Å²) in [5, 5.41) is 13.8. The Bertz CT molecular complexity index is 1120. The van der Waals surface area contributed by atoms with E-state index in [0.717, 1.165) is 35.7 Å². The molecule has 1 aliphatic carbocycles. The van der Waals surface area contributed by atoms with Crippen LogP contribution in [0, 0.1) is 5.92 Å². The second kappa shape index (κ2) is 10.8. The van der Waals surface area contributed by atoms with E-state index in [4.69, 9.17) is 0 Å². The van der Waals surface area contributed by atoms with Gasteiger partial charge in [-0.05, 0) is 68.4 Å². The Morgan fingerprint density at radius 1 is 1.17 bits per heavy atom. The zero-order chi connectivity index (χ0) is 26.0. The SMILES string of the molecule is CN(CC(O)CNC(C)(C)CC1Cc2ccccc2C1)S(=O)(=O)c1ccc(Br)cc1OC(F)(F)F. The number of aliphatic hydroxyl groups excluding tert-OH is 1. The fourth-order valence-electron chi connectivity index (χ4n) is 4.51. The normalized spacial score (nSPS) is 15.9. The Morgan fingerprint density at radius 3 is 2.34 bits per heavy atom. The first-order valence-corrected chi connectivity index (χ1v) is 13.4. The lowest BCUT2D eigenvalue weighted by atomic mass is 9.88. The Morgan fingerprint density at radius 2 is 1.77 bits per heavy atom. The summed E-state index contributed by atoms with van der Waals surface area (Å²) in [6.07, 6.45) is -3.25. The average Bonchev–Trinajstić information content (AvgIpc) is 3.12. The van der Waals surface area contributed by atoms with E-state index in [0.29, 0.717) is 5.92 Å². The third-order valence-corrected chi connectivity index (χ3v) is 8.39. The Hall–Kier alpha value is -1.66. The molecule has 2 aromatic carbocycles. The molecule has 0 spiro atoms. The fourth-order valence-corrected chi connectivity index (χ4v) is 6.15. The van der Waals surface area contributed by atoms with Gasteiger partial charge in [0.25, 0.3) is 0 Å². The summed E-state index contributed by atoms with van der Waals surface area (Å²) in [4.78, 5) is -0.637. The zero-order valence-electron chi connectivity index (χ0n) is 19.8. The number of hydrogen-bond donors (Lipinski definition) is 2. The number of aliphatic hydroxyl groups is 1. The molecule has 194 valence electrons. The highest BCUT2D eigenvalue weighted by molar-refractivity contribution is 9.10. The van der Waals surface area contributed by atoms with Crippen molar-refractivity contribution >= 4 is 26.0 Å². The number of hydrogen-bond acceptors (Lipinski definition) is 5. The number of nitrogens with zero attached hydrogens (tertiary/aromatic N) is 1. The van der Waals surface area contributed by atoms with Crippen LogP contribution >= 0.6 is 15.9 Å². The number of fused-ring (bicyclic) bond motifs is 1. The van der Waals surface area contributed by atoms with Crippen LogP contribution in [0.25, 0.3) is 0 Å². The van der Waals surface area contributed by atoms with Gasteiger partial charge in [-0.15, -0.1) is 13.2 Å². The van der Waals surface area contributed by atoms with Crippen LogP contribution in [-0.4, -0.2) is 56.0 Å². The maximum absolute atomic E-state index is 13.0. The van der Waals surface area contributed by atoms with E-state index in [1.165, 1.54) is 24.2 Å². The van der Waals surface area contributed by atoms with Crippen LogP contribution in [0.2, 0.25) is 0 Å². The summed E-state index contributed by atoms with van der Waals surface area (Å²) in [5.74, 6) is -0.371. The highest BCUT2D eigenvalue weighted by atomic mass is 79.9. The summed E-state index contributed by atoms with van der Waals surface area (Å²) in [6, 6.07) is 11.7. The minimum Gasteiger partial charge on any atom is -0.404 e. The van der Waals surface area contributed by atoms with Gasteiger partial charge in [-0.1, -0.05) is 40.2 Å². The van der Waals surface area contributed by atoms with Gasteiger partial charge in [0.2, 0.25) is 10.0 Å². The van der Waals surface area contributed by atoms with Crippen LogP contribution in [-0.2, 0) is 22.9 Å². The lowest BCUT2D eigenvalue weighted by Crippen LogP contribution is -2.47. The molecule has 0 radical (unpaired) electrons. The van der Waals surface area contributed by atoms with Gasteiger partial charge in [0.05, 0.1) is 6.10 Å². The molecule has 0 amide bonds. The number of halogens is 4. The second-order valence-corrected chi connectivity index (χ2v) is 12.5. The van der Waals surface area contributed by atoms with Crippen molar-refractivity contribution in [2.24, 2.45) is 5.92 Å². The number of benzene rings is 2. The molecular formula is C24H30BrF3N2O4S. The van der Waals surface area contributed by atoms with E-state index in [1.807, 2.05) is 26.0 Å². The molecule has 0 heterocycles. The number of nitrogens with one attached hydrogen (secondary N) is 1. The van der Waals surface area contributed by atoms with Crippen LogP contribution in [0.4, 0.5) is 13.2 Å². The first kappa shape index (κ1) is 27.9. The molecule has 2 aromatic rings. The lowest BCUT2D eigenvalue weighted by Gasteiger charge is -2.31. The minimum absolute atomic E-state index is 0.124. The fraction of sp³-hybridized carbons (Fsp3) is 0.500. The average molecular weight is 579 g/mol. The van der Waals surface area contributed by atoms with Crippen LogP contribution in [0.1, 0.15) is 31.4 Å². The van der Waals surface area contributed by atoms with Crippen molar-refractivity contribution < 1.29 is 31.4 Å². The van der Waals surface area contributed by atoms with Gasteiger partial charge in [0.15, 0.2) is 5.75 Å². The Kier molecular flexibility index (Phi) is 8.58. The molecule has 0 aromatic heterocycles. The number of alkyl halides is 3. The van der Waals surface area contributed by atoms with E-state index in [1.54, 1.807) is 0 Å². The molecule has 0 bridgehead atoms. The number of likely N-dealkylation sites (N-methyl/N-ethyl adjacent to an activating group) is 1. The van der Waals surface area contributed by atoms with Crippen molar-refractivity contribution in [3.05, 3.63) is 58.1 Å². The van der Waals surface area contributed by atoms with E-state index in [2.05, 4.69) is 38.1 Å². The number of sulfonamides is 1. The van der Waals surface area contributed by atoms with Crippen LogP contribution in [0.3, 0.4) is 0 Å². The van der Waals surface area contributed by atoms with Crippen LogP contribution < -0.4 is 10.1 Å². The smallest absolute Gasteiger partial charge is 0.404 e. The van der Waals surface area contributed by atoms with E-state index < -0.39 is 33.1 Å². The maximum atomic E-state index is 13.0. The summed E-state index contributed by atoms with van der Waals surface area (Å²) >= 11 is 3.02. The van der Waals surface area contributed by atoms with Gasteiger partial charge >= 0.3 is 6.36 Å². The Labute approximate surface area is 212 Å². The van der Waals surface area contributed by atoms with Crippen molar-refractivity contribution in [3.63, 3.8) is 0 Å². The molecule has 0 aliphatic heterocycles. The molecule has 6 nitrogen and oxygen atoms in total. The molecule has 0 saturated carbocycles. The van der Waals surface area contributed by atoms with Crippen LogP contribution in [0.5, 0.6) is 5.75 Å². The molecule has 1 unspecified atom stereocenters. The monoisotopic (exact) mass is 578 g/mol. The predicted octanol–water partition coefficient (Wildman–Crippen LogP) is 4.50. The van der Waals surface area contributed by atoms with Crippen molar-refractivity contribution in [2.75, 3.05) is 20.1 Å². The largest absolute Gasteiger partial charge is 0.573 e. The maximum Gasteiger partial charge on any atom is 0.573 e. The van der Waals surface area contributed by atoms with Crippen molar-refractivity contribution in [1.82, 2.24) is 9.62 Å². The molecule has 11 heteroatoms. The molecule has 3 rings (SSSR count). The molecule has 2 N–H and O–H groups in total. The van der Waals surface area contributed by atoms with Gasteiger partial charge in [-0.25, -0.2) is 8.42 Å². The first-order valence-electron chi connectivity index (χ1n) is 11.2. The number of ether oxygens (including phenoxy) is 1. The van der Waals surface area contributed by atoms with Crippen molar-refractivity contribution in [2.45, 2.75) is 56.0 Å². The van der Waals surface area contributed by atoms with Gasteiger partial charge in [0, 0.05) is 30.1 Å². The summed E-state index contributed by atoms with van der Waals surface area (Å²) < 4.78 is 69.3. The van der Waals surface area contributed by atoms with Crippen molar-refractivity contribution in [1.29, 1.82) is 0 Å². The van der Waals surface area contributed by atoms with E-state index in [9.17, 15) is 26.7 Å². The molecule has 35 heavy (non-hydrogen) atoms. The highest BCUT2D eigenvalue weighted by Gasteiger charge is 2.36. The number of β-amino-alcohol motifs (C(OH)–C–C–N with tert-alkyl or cyclic N) is 1. The molecule has 1 aliphatic rings. The second-order valence-electron chi connectivity index (χ2n) is 9.59. The zero-order valence-corrected chi connectivity index (χ0v) is 22.2.